The van der Waals surface area contributed by atoms with Gasteiger partial charge >= 0.3 is 0 Å². The molecule has 0 amide bonds. The van der Waals surface area contributed by atoms with Gasteiger partial charge in [0.1, 0.15) is 11.6 Å². The Morgan fingerprint density at radius 3 is 2.67 bits per heavy atom. The summed E-state index contributed by atoms with van der Waals surface area (Å²) in [6, 6.07) is 6.37. The smallest absolute Gasteiger partial charge is 0.229 e. The number of halogens is 1. The third-order valence-electron chi connectivity index (χ3n) is 3.54. The third-order valence-corrected chi connectivity index (χ3v) is 6.11. The van der Waals surface area contributed by atoms with Crippen molar-refractivity contribution in [3.8, 4) is 0 Å². The number of rotatable bonds is 3. The summed E-state index contributed by atoms with van der Waals surface area (Å²) in [5.41, 5.74) is 0.831. The number of fused-ring (bicyclic) bond motifs is 3. The number of benzene rings is 1. The molecule has 1 aromatic carbocycles. The molecule has 0 saturated carbocycles. The molecule has 0 bridgehead atoms. The van der Waals surface area contributed by atoms with Gasteiger partial charge in [-0.15, -0.1) is 16.4 Å². The molecule has 0 radical (unpaired) electrons. The number of hydrogen-bond donors (Lipinski definition) is 1. The topological polar surface area (TPSA) is 89.2 Å². The molecular weight excluding hydrogens is 353 g/mol. The maximum Gasteiger partial charge on any atom is 0.229 e. The molecule has 4 aromatic rings. The molecule has 0 saturated heterocycles. The van der Waals surface area contributed by atoms with Crippen molar-refractivity contribution < 1.29 is 12.8 Å². The van der Waals surface area contributed by atoms with Gasteiger partial charge in [0.2, 0.25) is 14.9 Å². The van der Waals surface area contributed by atoms with Crippen LogP contribution in [0.3, 0.4) is 0 Å². The van der Waals surface area contributed by atoms with Crippen LogP contribution in [0, 0.1) is 5.82 Å². The SMILES string of the molecule is CNc1nc2c(S(=O)(=O)c3ccc(F)cc3)nnn2c2ccsc12. The summed E-state index contributed by atoms with van der Waals surface area (Å²) >= 11 is 1.46. The lowest BCUT2D eigenvalue weighted by atomic mass is 10.4. The number of hydrogen-bond acceptors (Lipinski definition) is 7. The highest BCUT2D eigenvalue weighted by Gasteiger charge is 2.27. The highest BCUT2D eigenvalue weighted by Crippen LogP contribution is 2.30. The minimum atomic E-state index is -3.96. The molecular formula is C14H10FN5O2S2. The second-order valence-corrected chi connectivity index (χ2v) is 7.71. The van der Waals surface area contributed by atoms with Crippen LogP contribution >= 0.6 is 11.3 Å². The Labute approximate surface area is 139 Å². The molecule has 0 aliphatic heterocycles. The Morgan fingerprint density at radius 2 is 1.96 bits per heavy atom. The van der Waals surface area contributed by atoms with E-state index < -0.39 is 15.7 Å². The van der Waals surface area contributed by atoms with Crippen LogP contribution in [0.2, 0.25) is 0 Å². The maximum atomic E-state index is 13.1. The number of sulfone groups is 1. The van der Waals surface area contributed by atoms with Gasteiger partial charge in [-0.3, -0.25) is 0 Å². The Bertz CT molecular complexity index is 1170. The molecule has 122 valence electrons. The first-order valence-electron chi connectivity index (χ1n) is 6.83. The van der Waals surface area contributed by atoms with Crippen LogP contribution < -0.4 is 5.32 Å². The van der Waals surface area contributed by atoms with E-state index >= 15 is 0 Å². The molecule has 3 heterocycles. The Balaban J connectivity index is 2.02. The fraction of sp³-hybridized carbons (Fsp3) is 0.0714. The minimum absolute atomic E-state index is 0.0653. The van der Waals surface area contributed by atoms with Crippen molar-refractivity contribution in [2.75, 3.05) is 12.4 Å². The van der Waals surface area contributed by atoms with E-state index in [1.54, 1.807) is 7.05 Å². The standard InChI is InChI=1S/C14H10FN5O2S2/c1-16-12-11-10(6-7-23-11)20-13(17-12)14(18-19-20)24(21,22)9-4-2-8(15)3-5-9/h2-7H,1H3,(H,16,17). The molecule has 1 N–H and O–H groups in total. The van der Waals surface area contributed by atoms with Crippen LogP contribution in [-0.2, 0) is 9.84 Å². The second-order valence-electron chi connectivity index (χ2n) is 4.93. The fourth-order valence-corrected chi connectivity index (χ4v) is 4.49. The van der Waals surface area contributed by atoms with Gasteiger partial charge in [0, 0.05) is 7.05 Å². The van der Waals surface area contributed by atoms with Crippen molar-refractivity contribution in [3.05, 3.63) is 41.5 Å². The van der Waals surface area contributed by atoms with Crippen LogP contribution in [0.1, 0.15) is 0 Å². The van der Waals surface area contributed by atoms with Crippen LogP contribution in [0.25, 0.3) is 15.9 Å². The van der Waals surface area contributed by atoms with E-state index in [-0.39, 0.29) is 15.6 Å². The Morgan fingerprint density at radius 1 is 1.21 bits per heavy atom. The first kappa shape index (κ1) is 15.0. The molecule has 0 spiro atoms. The van der Waals surface area contributed by atoms with Crippen LogP contribution in [0.4, 0.5) is 10.2 Å². The molecule has 24 heavy (non-hydrogen) atoms. The van der Waals surface area contributed by atoms with Crippen molar-refractivity contribution in [1.82, 2.24) is 19.8 Å². The van der Waals surface area contributed by atoms with E-state index in [4.69, 9.17) is 0 Å². The molecule has 3 aromatic heterocycles. The van der Waals surface area contributed by atoms with Gasteiger partial charge < -0.3 is 5.32 Å². The number of anilines is 1. The lowest BCUT2D eigenvalue weighted by molar-refractivity contribution is 0.591. The van der Waals surface area contributed by atoms with Gasteiger partial charge in [-0.05, 0) is 35.7 Å². The average Bonchev–Trinajstić information content (AvgIpc) is 3.20. The van der Waals surface area contributed by atoms with Crippen molar-refractivity contribution in [2.45, 2.75) is 9.92 Å². The third kappa shape index (κ3) is 2.07. The van der Waals surface area contributed by atoms with E-state index in [2.05, 4.69) is 20.6 Å². The summed E-state index contributed by atoms with van der Waals surface area (Å²) in [6.45, 7) is 0. The highest BCUT2D eigenvalue weighted by molar-refractivity contribution is 7.91. The number of nitrogens with zero attached hydrogens (tertiary/aromatic N) is 4. The lowest BCUT2D eigenvalue weighted by Crippen LogP contribution is -2.05. The van der Waals surface area contributed by atoms with Gasteiger partial charge in [-0.2, -0.15) is 4.52 Å². The molecule has 10 heteroatoms. The zero-order valence-corrected chi connectivity index (χ0v) is 13.9. The molecule has 0 unspecified atom stereocenters. The number of nitrogens with one attached hydrogen (secondary N) is 1. The summed E-state index contributed by atoms with van der Waals surface area (Å²) in [4.78, 5) is 4.28. The van der Waals surface area contributed by atoms with E-state index in [0.717, 1.165) is 16.8 Å². The van der Waals surface area contributed by atoms with Crippen LogP contribution in [-0.4, -0.2) is 35.3 Å². The molecule has 0 fully saturated rings. The van der Waals surface area contributed by atoms with Crippen molar-refractivity contribution in [2.24, 2.45) is 0 Å². The van der Waals surface area contributed by atoms with Gasteiger partial charge in [0.05, 0.1) is 15.1 Å². The fourth-order valence-electron chi connectivity index (χ4n) is 2.39. The summed E-state index contributed by atoms with van der Waals surface area (Å²) in [5.74, 6) is 0.0303. The van der Waals surface area contributed by atoms with E-state index in [1.807, 2.05) is 11.4 Å². The van der Waals surface area contributed by atoms with E-state index in [1.165, 1.54) is 28.0 Å². The summed E-state index contributed by atoms with van der Waals surface area (Å²) in [7, 11) is -2.26. The summed E-state index contributed by atoms with van der Waals surface area (Å²) in [5, 5.41) is 12.3. The minimum Gasteiger partial charge on any atom is -0.372 e. The van der Waals surface area contributed by atoms with E-state index in [0.29, 0.717) is 11.3 Å². The average molecular weight is 363 g/mol. The molecule has 0 aliphatic carbocycles. The lowest BCUT2D eigenvalue weighted by Gasteiger charge is -2.04. The summed E-state index contributed by atoms with van der Waals surface area (Å²) < 4.78 is 40.9. The zero-order chi connectivity index (χ0) is 16.9. The Hall–Kier alpha value is -2.59. The van der Waals surface area contributed by atoms with Crippen molar-refractivity contribution in [1.29, 1.82) is 0 Å². The zero-order valence-electron chi connectivity index (χ0n) is 12.3. The van der Waals surface area contributed by atoms with Crippen LogP contribution in [0.5, 0.6) is 0 Å². The van der Waals surface area contributed by atoms with Gasteiger partial charge in [-0.1, -0.05) is 5.21 Å². The Kier molecular flexibility index (Phi) is 3.25. The number of aromatic nitrogens is 4. The normalized spacial score (nSPS) is 12.1. The molecule has 0 atom stereocenters. The first-order chi connectivity index (χ1) is 11.5. The van der Waals surface area contributed by atoms with E-state index in [9.17, 15) is 12.8 Å². The second kappa shape index (κ2) is 5.21. The monoisotopic (exact) mass is 363 g/mol. The van der Waals surface area contributed by atoms with Gasteiger partial charge in [0.15, 0.2) is 5.65 Å². The highest BCUT2D eigenvalue weighted by atomic mass is 32.2. The molecule has 0 aliphatic rings. The predicted molar refractivity (Wildman–Crippen MR) is 87.6 cm³/mol. The van der Waals surface area contributed by atoms with Crippen LogP contribution in [0.15, 0.2) is 45.6 Å². The number of thiophene rings is 1. The first-order valence-corrected chi connectivity index (χ1v) is 9.19. The van der Waals surface area contributed by atoms with Gasteiger partial charge in [-0.25, -0.2) is 17.8 Å². The van der Waals surface area contributed by atoms with Gasteiger partial charge in [0.25, 0.3) is 0 Å². The molecule has 7 nitrogen and oxygen atoms in total. The largest absolute Gasteiger partial charge is 0.372 e. The van der Waals surface area contributed by atoms with Crippen molar-refractivity contribution >= 4 is 42.9 Å². The van der Waals surface area contributed by atoms with Crippen molar-refractivity contribution in [3.63, 3.8) is 0 Å². The predicted octanol–water partition coefficient (Wildman–Crippen LogP) is 2.35. The molecule has 4 rings (SSSR count). The maximum absolute atomic E-state index is 13.1. The quantitative estimate of drug-likeness (QED) is 0.562. The summed E-state index contributed by atoms with van der Waals surface area (Å²) in [6.07, 6.45) is 0.